The van der Waals surface area contributed by atoms with E-state index in [9.17, 15) is 4.79 Å². The monoisotopic (exact) mass is 223 g/mol. The second-order valence-electron chi connectivity index (χ2n) is 2.99. The van der Waals surface area contributed by atoms with Gasteiger partial charge < -0.3 is 21.3 Å². The van der Waals surface area contributed by atoms with Crippen LogP contribution in [-0.2, 0) is 4.74 Å². The van der Waals surface area contributed by atoms with E-state index in [4.69, 9.17) is 21.3 Å². The number of hydrogen-bond donors (Lipinski definition) is 3. The highest BCUT2D eigenvalue weighted by Crippen LogP contribution is 2.10. The van der Waals surface area contributed by atoms with Gasteiger partial charge in [-0.05, 0) is 24.3 Å². The van der Waals surface area contributed by atoms with Gasteiger partial charge in [0.25, 0.3) is 0 Å². The van der Waals surface area contributed by atoms with Crippen LogP contribution in [0.2, 0.25) is 0 Å². The number of benzene rings is 1. The molecule has 6 nitrogen and oxygen atoms in total. The van der Waals surface area contributed by atoms with Crippen LogP contribution in [-0.4, -0.2) is 30.2 Å². The van der Waals surface area contributed by atoms with Crippen molar-refractivity contribution in [2.75, 3.05) is 13.2 Å². The van der Waals surface area contributed by atoms with Crippen molar-refractivity contribution in [2.24, 2.45) is 16.5 Å². The van der Waals surface area contributed by atoms with Crippen LogP contribution in [0.4, 0.5) is 0 Å². The lowest BCUT2D eigenvalue weighted by Gasteiger charge is -2.02. The molecule has 1 aromatic carbocycles. The number of guanidine groups is 1. The summed E-state index contributed by atoms with van der Waals surface area (Å²) in [6.45, 7) is 0.337. The second-order valence-corrected chi connectivity index (χ2v) is 2.99. The predicted octanol–water partition coefficient (Wildman–Crippen LogP) is -0.178. The highest BCUT2D eigenvalue weighted by atomic mass is 16.5. The normalized spacial score (nSPS) is 9.50. The average molecular weight is 223 g/mol. The van der Waals surface area contributed by atoms with Crippen LogP contribution < -0.4 is 11.5 Å². The fourth-order valence-corrected chi connectivity index (χ4v) is 0.994. The topological polar surface area (TPSA) is 111 Å². The van der Waals surface area contributed by atoms with Gasteiger partial charge >= 0.3 is 5.97 Å². The molecular formula is C10H13N3O3. The van der Waals surface area contributed by atoms with E-state index in [1.807, 2.05) is 0 Å². The van der Waals surface area contributed by atoms with E-state index >= 15 is 0 Å². The molecule has 0 amide bonds. The maximum atomic E-state index is 11.4. The molecule has 0 heterocycles. The highest BCUT2D eigenvalue weighted by Gasteiger charge is 2.05. The van der Waals surface area contributed by atoms with Gasteiger partial charge in [0.15, 0.2) is 5.96 Å². The van der Waals surface area contributed by atoms with Crippen LogP contribution in [0.15, 0.2) is 29.3 Å². The summed E-state index contributed by atoms with van der Waals surface area (Å²) < 4.78 is 4.88. The number of phenolic OH excluding ortho intramolecular Hbond substituents is 1. The third-order valence-electron chi connectivity index (χ3n) is 1.72. The van der Waals surface area contributed by atoms with Crippen molar-refractivity contribution in [1.29, 1.82) is 0 Å². The number of aliphatic imine (C=N–C) groups is 1. The first-order chi connectivity index (χ1) is 7.59. The summed E-state index contributed by atoms with van der Waals surface area (Å²) in [7, 11) is 0. The maximum absolute atomic E-state index is 11.4. The van der Waals surface area contributed by atoms with E-state index in [1.54, 1.807) is 0 Å². The maximum Gasteiger partial charge on any atom is 0.338 e. The molecule has 0 aliphatic heterocycles. The summed E-state index contributed by atoms with van der Waals surface area (Å²) in [6, 6.07) is 5.76. The molecular weight excluding hydrogens is 210 g/mol. The Kier molecular flexibility index (Phi) is 4.14. The molecule has 0 saturated carbocycles. The van der Waals surface area contributed by atoms with Crippen molar-refractivity contribution < 1.29 is 14.6 Å². The first-order valence-corrected chi connectivity index (χ1v) is 4.61. The number of phenols is 1. The predicted molar refractivity (Wildman–Crippen MR) is 59.1 cm³/mol. The minimum absolute atomic E-state index is 0.0410. The largest absolute Gasteiger partial charge is 0.508 e. The summed E-state index contributed by atoms with van der Waals surface area (Å²) in [5.74, 6) is -0.427. The third-order valence-corrected chi connectivity index (χ3v) is 1.72. The Morgan fingerprint density at radius 2 is 1.94 bits per heavy atom. The standard InChI is InChI=1S/C10H13N3O3/c11-10(12)13-5-6-16-9(15)7-1-3-8(14)4-2-7/h1-4,14H,5-6H2,(H4,11,12,13). The minimum Gasteiger partial charge on any atom is -0.508 e. The van der Waals surface area contributed by atoms with Crippen molar-refractivity contribution in [2.45, 2.75) is 0 Å². The molecule has 0 atom stereocenters. The summed E-state index contributed by atoms with van der Waals surface area (Å²) >= 11 is 0. The quantitative estimate of drug-likeness (QED) is 0.284. The lowest BCUT2D eigenvalue weighted by atomic mass is 10.2. The lowest BCUT2D eigenvalue weighted by Crippen LogP contribution is -2.23. The summed E-state index contributed by atoms with van der Waals surface area (Å²) in [4.78, 5) is 15.0. The fourth-order valence-electron chi connectivity index (χ4n) is 0.994. The van der Waals surface area contributed by atoms with Crippen LogP contribution >= 0.6 is 0 Å². The molecule has 0 spiro atoms. The first kappa shape index (κ1) is 11.8. The SMILES string of the molecule is NC(N)=NCCOC(=O)c1ccc(O)cc1. The van der Waals surface area contributed by atoms with Crippen LogP contribution in [0.1, 0.15) is 10.4 Å². The molecule has 5 N–H and O–H groups in total. The van der Waals surface area contributed by atoms with Gasteiger partial charge in [0, 0.05) is 0 Å². The number of aromatic hydroxyl groups is 1. The number of nitrogens with zero attached hydrogens (tertiary/aromatic N) is 1. The van der Waals surface area contributed by atoms with E-state index in [0.717, 1.165) is 0 Å². The first-order valence-electron chi connectivity index (χ1n) is 4.61. The number of nitrogens with two attached hydrogens (primary N) is 2. The Balaban J connectivity index is 2.41. The van der Waals surface area contributed by atoms with Crippen LogP contribution in [0.5, 0.6) is 5.75 Å². The molecule has 0 aliphatic rings. The number of hydrogen-bond acceptors (Lipinski definition) is 4. The molecule has 6 heteroatoms. The Hall–Kier alpha value is -2.24. The summed E-state index contributed by atoms with van der Waals surface area (Å²) in [5, 5.41) is 9.02. The molecule has 1 rings (SSSR count). The van der Waals surface area contributed by atoms with E-state index in [-0.39, 0.29) is 24.9 Å². The zero-order valence-electron chi connectivity index (χ0n) is 8.59. The Morgan fingerprint density at radius 1 is 1.31 bits per heavy atom. The number of ether oxygens (including phenoxy) is 1. The molecule has 1 aromatic rings. The van der Waals surface area contributed by atoms with E-state index in [2.05, 4.69) is 4.99 Å². The average Bonchev–Trinajstić information content (AvgIpc) is 2.25. The van der Waals surface area contributed by atoms with Crippen LogP contribution in [0, 0.1) is 0 Å². The third kappa shape index (κ3) is 3.87. The van der Waals surface area contributed by atoms with Crippen LogP contribution in [0.3, 0.4) is 0 Å². The summed E-state index contributed by atoms with van der Waals surface area (Å²) in [6.07, 6.45) is 0. The molecule has 0 aromatic heterocycles. The zero-order valence-corrected chi connectivity index (χ0v) is 8.59. The molecule has 0 aliphatic carbocycles. The fraction of sp³-hybridized carbons (Fsp3) is 0.200. The van der Waals surface area contributed by atoms with Crippen LogP contribution in [0.25, 0.3) is 0 Å². The van der Waals surface area contributed by atoms with Gasteiger partial charge in [-0.25, -0.2) is 4.79 Å². The number of rotatable bonds is 4. The Morgan fingerprint density at radius 3 is 2.50 bits per heavy atom. The van der Waals surface area contributed by atoms with Gasteiger partial charge in [0.1, 0.15) is 12.4 Å². The number of esters is 1. The van der Waals surface area contributed by atoms with Crippen molar-refractivity contribution in [3.63, 3.8) is 0 Å². The molecule has 0 saturated heterocycles. The molecule has 16 heavy (non-hydrogen) atoms. The van der Waals surface area contributed by atoms with Crippen molar-refractivity contribution in [3.05, 3.63) is 29.8 Å². The highest BCUT2D eigenvalue weighted by molar-refractivity contribution is 5.89. The zero-order chi connectivity index (χ0) is 12.0. The lowest BCUT2D eigenvalue weighted by molar-refractivity contribution is 0.0517. The number of carbonyl (C=O) groups is 1. The van der Waals surface area contributed by atoms with Crippen molar-refractivity contribution in [3.8, 4) is 5.75 Å². The number of carbonyl (C=O) groups excluding carboxylic acids is 1. The Labute approximate surface area is 92.5 Å². The van der Waals surface area contributed by atoms with Crippen molar-refractivity contribution >= 4 is 11.9 Å². The molecule has 86 valence electrons. The second kappa shape index (κ2) is 5.59. The molecule has 0 fully saturated rings. The smallest absolute Gasteiger partial charge is 0.338 e. The molecule has 0 radical (unpaired) electrons. The van der Waals surface area contributed by atoms with E-state index in [1.165, 1.54) is 24.3 Å². The van der Waals surface area contributed by atoms with Gasteiger partial charge in [-0.3, -0.25) is 4.99 Å². The van der Waals surface area contributed by atoms with E-state index < -0.39 is 5.97 Å². The van der Waals surface area contributed by atoms with Crippen molar-refractivity contribution in [1.82, 2.24) is 0 Å². The molecule has 0 unspecified atom stereocenters. The van der Waals surface area contributed by atoms with Gasteiger partial charge in [-0.2, -0.15) is 0 Å². The molecule has 0 bridgehead atoms. The van der Waals surface area contributed by atoms with Gasteiger partial charge in [-0.1, -0.05) is 0 Å². The van der Waals surface area contributed by atoms with Gasteiger partial charge in [0.2, 0.25) is 0 Å². The minimum atomic E-state index is -0.481. The Bertz CT molecular complexity index is 383. The van der Waals surface area contributed by atoms with E-state index in [0.29, 0.717) is 5.56 Å². The van der Waals surface area contributed by atoms with Gasteiger partial charge in [-0.15, -0.1) is 0 Å². The summed E-state index contributed by atoms with van der Waals surface area (Å²) in [5.41, 5.74) is 10.6. The van der Waals surface area contributed by atoms with Gasteiger partial charge in [0.05, 0.1) is 12.1 Å².